The number of aliphatic hydroxyl groups is 1. The van der Waals surface area contributed by atoms with Gasteiger partial charge in [-0.2, -0.15) is 13.2 Å². The molecular weight excluding hydrogens is 612 g/mol. The van der Waals surface area contributed by atoms with Crippen molar-refractivity contribution in [3.05, 3.63) is 76.2 Å². The van der Waals surface area contributed by atoms with Crippen LogP contribution in [0.2, 0.25) is 5.02 Å². The predicted octanol–water partition coefficient (Wildman–Crippen LogP) is 3.96. The summed E-state index contributed by atoms with van der Waals surface area (Å²) in [6, 6.07) is 9.32. The maximum Gasteiger partial charge on any atom is 0.424 e. The molecule has 0 saturated heterocycles. The van der Waals surface area contributed by atoms with Gasteiger partial charge in [-0.1, -0.05) is 11.6 Å². The van der Waals surface area contributed by atoms with Crippen molar-refractivity contribution in [1.82, 2.24) is 15.6 Å². The Morgan fingerprint density at radius 3 is 2.30 bits per heavy atom. The van der Waals surface area contributed by atoms with E-state index >= 15 is 0 Å². The molecule has 1 unspecified atom stereocenters. The third-order valence-corrected chi connectivity index (χ3v) is 6.73. The van der Waals surface area contributed by atoms with Crippen molar-refractivity contribution in [2.24, 2.45) is 5.73 Å². The summed E-state index contributed by atoms with van der Waals surface area (Å²) >= 11 is 5.90. The van der Waals surface area contributed by atoms with Crippen molar-refractivity contribution in [3.63, 3.8) is 0 Å². The Hall–Kier alpha value is -4.43. The Morgan fingerprint density at radius 1 is 1.05 bits per heavy atom. The van der Waals surface area contributed by atoms with Crippen LogP contribution in [0, 0.1) is 5.82 Å². The predicted molar refractivity (Wildman–Crippen MR) is 151 cm³/mol. The number of carbonyl (C=O) groups excluding carboxylic acids is 3. The molecule has 10 nitrogen and oxygen atoms in total. The topological polar surface area (TPSA) is 153 Å². The van der Waals surface area contributed by atoms with Gasteiger partial charge in [-0.3, -0.25) is 14.4 Å². The molecule has 0 aliphatic rings. The maximum atomic E-state index is 14.6. The minimum atomic E-state index is -5.37. The summed E-state index contributed by atoms with van der Waals surface area (Å²) in [5, 5.41) is 15.5. The summed E-state index contributed by atoms with van der Waals surface area (Å²) < 4.78 is 67.9. The SMILES string of the molecule is COc1cc(C(=O)NCC(O)(c2cc(C(C)(C)NC(C)=O)cc(-c3ccc(F)c(Cl)c3)n2)C(F)(F)F)ccc1OCC(N)=O. The van der Waals surface area contributed by atoms with Crippen LogP contribution in [0.1, 0.15) is 42.4 Å². The van der Waals surface area contributed by atoms with Gasteiger partial charge >= 0.3 is 6.18 Å². The fourth-order valence-corrected chi connectivity index (χ4v) is 4.32. The zero-order valence-electron chi connectivity index (χ0n) is 23.9. The first-order chi connectivity index (χ1) is 20.4. The van der Waals surface area contributed by atoms with Gasteiger partial charge in [0.15, 0.2) is 18.1 Å². The maximum absolute atomic E-state index is 14.6. The summed E-state index contributed by atoms with van der Waals surface area (Å²) in [4.78, 5) is 39.8. The summed E-state index contributed by atoms with van der Waals surface area (Å²) in [5.74, 6) is -3.02. The number of benzene rings is 2. The fraction of sp³-hybridized carbons (Fsp3) is 0.310. The van der Waals surface area contributed by atoms with Gasteiger partial charge in [-0.15, -0.1) is 0 Å². The highest BCUT2D eigenvalue weighted by atomic mass is 35.5. The lowest BCUT2D eigenvalue weighted by Gasteiger charge is -2.33. The molecule has 1 atom stereocenters. The first kappa shape index (κ1) is 34.1. The van der Waals surface area contributed by atoms with Crippen LogP contribution in [0.3, 0.4) is 0 Å². The minimum Gasteiger partial charge on any atom is -0.493 e. The molecule has 5 N–H and O–H groups in total. The monoisotopic (exact) mass is 640 g/mol. The highest BCUT2D eigenvalue weighted by Crippen LogP contribution is 2.40. The van der Waals surface area contributed by atoms with E-state index in [0.29, 0.717) is 0 Å². The number of primary amides is 1. The summed E-state index contributed by atoms with van der Waals surface area (Å²) in [6.07, 6.45) is -5.37. The van der Waals surface area contributed by atoms with Crippen molar-refractivity contribution in [2.75, 3.05) is 20.3 Å². The zero-order chi connectivity index (χ0) is 33.0. The zero-order valence-corrected chi connectivity index (χ0v) is 24.7. The lowest BCUT2D eigenvalue weighted by Crippen LogP contribution is -2.52. The molecule has 15 heteroatoms. The number of ether oxygens (including phenoxy) is 2. The van der Waals surface area contributed by atoms with Gasteiger partial charge in [0.1, 0.15) is 5.82 Å². The van der Waals surface area contributed by atoms with E-state index in [0.717, 1.165) is 24.3 Å². The smallest absolute Gasteiger partial charge is 0.424 e. The molecule has 44 heavy (non-hydrogen) atoms. The number of carbonyl (C=O) groups is 3. The lowest BCUT2D eigenvalue weighted by molar-refractivity contribution is -0.265. The molecule has 3 rings (SSSR count). The van der Waals surface area contributed by atoms with Crippen LogP contribution >= 0.6 is 11.6 Å². The molecule has 2 aromatic carbocycles. The number of pyridine rings is 1. The molecule has 0 spiro atoms. The summed E-state index contributed by atoms with van der Waals surface area (Å²) in [5.41, 5.74) is -0.903. The average molecular weight is 641 g/mol. The number of rotatable bonds is 11. The van der Waals surface area contributed by atoms with E-state index in [-0.39, 0.29) is 38.9 Å². The quantitative estimate of drug-likeness (QED) is 0.232. The van der Waals surface area contributed by atoms with E-state index < -0.39 is 59.7 Å². The van der Waals surface area contributed by atoms with Gasteiger partial charge in [0.05, 0.1) is 35.6 Å². The number of amides is 3. The molecule has 0 radical (unpaired) electrons. The molecule has 1 heterocycles. The molecule has 1 aromatic heterocycles. The van der Waals surface area contributed by atoms with E-state index in [1.807, 2.05) is 0 Å². The standard InChI is InChI=1S/C29H29ClF4N4O6/c1-15(39)38-27(2,3)18-11-21(16-5-7-20(31)19(30)9-16)37-24(12-18)28(42,29(32,33)34)14-36-26(41)17-6-8-22(23(10-17)43-4)44-13-25(35)40/h5-12,42H,13-14H2,1-4H3,(H2,35,40)(H,36,41)(H,38,39). The number of methoxy groups -OCH3 is 1. The number of hydrogen-bond donors (Lipinski definition) is 4. The molecule has 0 bridgehead atoms. The second-order valence-electron chi connectivity index (χ2n) is 10.2. The summed E-state index contributed by atoms with van der Waals surface area (Å²) in [6.45, 7) is 2.40. The highest BCUT2D eigenvalue weighted by molar-refractivity contribution is 6.31. The lowest BCUT2D eigenvalue weighted by atomic mass is 9.88. The van der Waals surface area contributed by atoms with Crippen molar-refractivity contribution in [3.8, 4) is 22.8 Å². The molecule has 3 aromatic rings. The molecule has 0 saturated carbocycles. The second-order valence-corrected chi connectivity index (χ2v) is 10.6. The normalized spacial score (nSPS) is 13.0. The van der Waals surface area contributed by atoms with E-state index in [4.69, 9.17) is 26.8 Å². The number of alkyl halides is 3. The largest absolute Gasteiger partial charge is 0.493 e. The van der Waals surface area contributed by atoms with Crippen LogP contribution in [-0.2, 0) is 20.7 Å². The molecular formula is C29H29ClF4N4O6. The Labute approximate surface area is 254 Å². The highest BCUT2D eigenvalue weighted by Gasteiger charge is 2.56. The number of nitrogens with one attached hydrogen (secondary N) is 2. The fourth-order valence-electron chi connectivity index (χ4n) is 4.14. The second kappa shape index (κ2) is 13.1. The Kier molecular flexibility index (Phi) is 10.1. The number of hydrogen-bond acceptors (Lipinski definition) is 7. The molecule has 0 fully saturated rings. The van der Waals surface area contributed by atoms with Crippen LogP contribution in [0.4, 0.5) is 17.6 Å². The molecule has 236 valence electrons. The van der Waals surface area contributed by atoms with Crippen molar-refractivity contribution >= 4 is 29.3 Å². The van der Waals surface area contributed by atoms with E-state index in [2.05, 4.69) is 15.6 Å². The van der Waals surface area contributed by atoms with Gasteiger partial charge in [0, 0.05) is 18.1 Å². The Balaban J connectivity index is 2.07. The molecule has 0 aliphatic carbocycles. The Morgan fingerprint density at radius 2 is 1.73 bits per heavy atom. The van der Waals surface area contributed by atoms with Crippen LogP contribution < -0.4 is 25.8 Å². The van der Waals surface area contributed by atoms with Gasteiger partial charge < -0.3 is 30.9 Å². The van der Waals surface area contributed by atoms with E-state index in [9.17, 15) is 37.1 Å². The van der Waals surface area contributed by atoms with E-state index in [1.165, 1.54) is 52.1 Å². The number of aromatic nitrogens is 1. The molecule has 0 aliphatic heterocycles. The number of halogens is 5. The third-order valence-electron chi connectivity index (χ3n) is 6.44. The van der Waals surface area contributed by atoms with Gasteiger partial charge in [-0.05, 0) is 67.9 Å². The third kappa shape index (κ3) is 7.74. The first-order valence-corrected chi connectivity index (χ1v) is 13.2. The summed E-state index contributed by atoms with van der Waals surface area (Å²) in [7, 11) is 1.24. The Bertz CT molecular complexity index is 1580. The van der Waals surface area contributed by atoms with Gasteiger partial charge in [0.2, 0.25) is 11.5 Å². The molecule has 3 amide bonds. The van der Waals surface area contributed by atoms with Crippen LogP contribution in [-0.4, -0.2) is 54.2 Å². The van der Waals surface area contributed by atoms with Crippen molar-refractivity contribution in [1.29, 1.82) is 0 Å². The van der Waals surface area contributed by atoms with Gasteiger partial charge in [-0.25, -0.2) is 9.37 Å². The van der Waals surface area contributed by atoms with E-state index in [1.54, 1.807) is 0 Å². The van der Waals surface area contributed by atoms with Crippen LogP contribution in [0.5, 0.6) is 11.5 Å². The minimum absolute atomic E-state index is 0.0119. The van der Waals surface area contributed by atoms with Gasteiger partial charge in [0.25, 0.3) is 11.8 Å². The van der Waals surface area contributed by atoms with Crippen molar-refractivity contribution in [2.45, 2.75) is 38.1 Å². The van der Waals surface area contributed by atoms with Crippen LogP contribution in [0.25, 0.3) is 11.3 Å². The van der Waals surface area contributed by atoms with Crippen LogP contribution in [0.15, 0.2) is 48.5 Å². The van der Waals surface area contributed by atoms with Crippen molar-refractivity contribution < 1.29 is 46.5 Å². The first-order valence-electron chi connectivity index (χ1n) is 12.8. The number of nitrogens with zero attached hydrogens (tertiary/aromatic N) is 1. The average Bonchev–Trinajstić information content (AvgIpc) is 2.94. The number of nitrogens with two attached hydrogens (primary N) is 1.